The first-order chi connectivity index (χ1) is 9.20. The standard InChI is InChI=1S/C15H16ClIN2/c1-2-19-15(8-11-4-3-7-18-10-11)12-5-6-14(17)13(16)9-12/h3-7,9-10,15,19H,2,8H2,1H3. The van der Waals surface area contributed by atoms with Crippen LogP contribution in [0.2, 0.25) is 5.02 Å². The number of benzene rings is 1. The zero-order valence-corrected chi connectivity index (χ0v) is 13.6. The quantitative estimate of drug-likeness (QED) is 0.778. The molecule has 1 N–H and O–H groups in total. The molecule has 1 aromatic heterocycles. The molecule has 0 spiro atoms. The van der Waals surface area contributed by atoms with Crippen LogP contribution < -0.4 is 5.32 Å². The van der Waals surface area contributed by atoms with E-state index >= 15 is 0 Å². The van der Waals surface area contributed by atoms with Gasteiger partial charge in [-0.2, -0.15) is 0 Å². The summed E-state index contributed by atoms with van der Waals surface area (Å²) in [6, 6.07) is 10.6. The molecule has 0 radical (unpaired) electrons. The van der Waals surface area contributed by atoms with Crippen molar-refractivity contribution in [1.29, 1.82) is 0 Å². The second-order valence-corrected chi connectivity index (χ2v) is 5.92. The molecule has 2 aromatic rings. The molecule has 1 atom stereocenters. The lowest BCUT2D eigenvalue weighted by molar-refractivity contribution is 0.549. The number of nitrogens with one attached hydrogen (secondary N) is 1. The smallest absolute Gasteiger partial charge is 0.0542 e. The minimum atomic E-state index is 0.267. The van der Waals surface area contributed by atoms with Gasteiger partial charge in [0, 0.05) is 22.0 Å². The maximum Gasteiger partial charge on any atom is 0.0542 e. The number of likely N-dealkylation sites (N-methyl/N-ethyl adjacent to an activating group) is 1. The van der Waals surface area contributed by atoms with Crippen molar-refractivity contribution in [1.82, 2.24) is 10.3 Å². The lowest BCUT2D eigenvalue weighted by atomic mass is 10.00. The Morgan fingerprint density at radius 1 is 1.37 bits per heavy atom. The summed E-state index contributed by atoms with van der Waals surface area (Å²) in [5.41, 5.74) is 2.44. The molecular weight excluding hydrogens is 371 g/mol. The second-order valence-electron chi connectivity index (χ2n) is 4.35. The van der Waals surface area contributed by atoms with E-state index in [2.05, 4.69) is 58.0 Å². The van der Waals surface area contributed by atoms with Gasteiger partial charge in [0.05, 0.1) is 5.02 Å². The number of pyridine rings is 1. The van der Waals surface area contributed by atoms with Crippen LogP contribution in [0.3, 0.4) is 0 Å². The fourth-order valence-corrected chi connectivity index (χ4v) is 2.56. The molecule has 2 rings (SSSR count). The van der Waals surface area contributed by atoms with Gasteiger partial charge < -0.3 is 5.32 Å². The van der Waals surface area contributed by atoms with Crippen LogP contribution in [0.1, 0.15) is 24.1 Å². The molecule has 0 amide bonds. The zero-order valence-electron chi connectivity index (χ0n) is 10.7. The van der Waals surface area contributed by atoms with Crippen molar-refractivity contribution < 1.29 is 0 Å². The number of halogens is 2. The van der Waals surface area contributed by atoms with E-state index in [1.54, 1.807) is 6.20 Å². The number of rotatable bonds is 5. The second kappa shape index (κ2) is 7.22. The van der Waals surface area contributed by atoms with Crippen LogP contribution in [-0.4, -0.2) is 11.5 Å². The summed E-state index contributed by atoms with van der Waals surface area (Å²) < 4.78 is 1.08. The Bertz CT molecular complexity index is 531. The van der Waals surface area contributed by atoms with E-state index in [9.17, 15) is 0 Å². The van der Waals surface area contributed by atoms with Gasteiger partial charge in [-0.15, -0.1) is 0 Å². The van der Waals surface area contributed by atoms with Crippen molar-refractivity contribution in [2.45, 2.75) is 19.4 Å². The largest absolute Gasteiger partial charge is 0.310 e. The maximum atomic E-state index is 6.21. The molecule has 0 aliphatic heterocycles. The molecule has 4 heteroatoms. The predicted molar refractivity (Wildman–Crippen MR) is 88.5 cm³/mol. The lowest BCUT2D eigenvalue weighted by Gasteiger charge is -2.19. The summed E-state index contributed by atoms with van der Waals surface area (Å²) >= 11 is 8.46. The summed E-state index contributed by atoms with van der Waals surface area (Å²) in [6.07, 6.45) is 4.63. The molecule has 0 fully saturated rings. The van der Waals surface area contributed by atoms with Crippen molar-refractivity contribution in [2.75, 3.05) is 6.54 Å². The Hall–Kier alpha value is -0.650. The molecule has 0 aliphatic rings. The van der Waals surface area contributed by atoms with Crippen molar-refractivity contribution >= 4 is 34.2 Å². The Morgan fingerprint density at radius 2 is 2.21 bits per heavy atom. The van der Waals surface area contributed by atoms with Crippen LogP contribution in [0.5, 0.6) is 0 Å². The van der Waals surface area contributed by atoms with E-state index in [0.717, 1.165) is 21.6 Å². The van der Waals surface area contributed by atoms with Crippen LogP contribution >= 0.6 is 34.2 Å². The van der Waals surface area contributed by atoms with E-state index in [1.807, 2.05) is 18.3 Å². The van der Waals surface area contributed by atoms with Crippen LogP contribution in [0, 0.1) is 3.57 Å². The molecule has 19 heavy (non-hydrogen) atoms. The third kappa shape index (κ3) is 4.16. The van der Waals surface area contributed by atoms with Crippen molar-refractivity contribution in [3.8, 4) is 0 Å². The Morgan fingerprint density at radius 3 is 2.84 bits per heavy atom. The summed E-state index contributed by atoms with van der Waals surface area (Å²) in [7, 11) is 0. The lowest BCUT2D eigenvalue weighted by Crippen LogP contribution is -2.23. The number of hydrogen-bond donors (Lipinski definition) is 1. The maximum absolute atomic E-state index is 6.21. The number of hydrogen-bond acceptors (Lipinski definition) is 2. The molecule has 0 saturated carbocycles. The van der Waals surface area contributed by atoms with Crippen LogP contribution in [0.15, 0.2) is 42.7 Å². The fraction of sp³-hybridized carbons (Fsp3) is 0.267. The summed E-state index contributed by atoms with van der Waals surface area (Å²) in [6.45, 7) is 3.04. The summed E-state index contributed by atoms with van der Waals surface area (Å²) in [5.74, 6) is 0. The van der Waals surface area contributed by atoms with Crippen molar-refractivity contribution in [3.05, 3.63) is 62.4 Å². The van der Waals surface area contributed by atoms with Gasteiger partial charge in [0.2, 0.25) is 0 Å². The van der Waals surface area contributed by atoms with Gasteiger partial charge in [-0.1, -0.05) is 30.7 Å². The molecule has 0 saturated heterocycles. The Kier molecular flexibility index (Phi) is 5.60. The van der Waals surface area contributed by atoms with Gasteiger partial charge in [0.15, 0.2) is 0 Å². The van der Waals surface area contributed by atoms with Crippen molar-refractivity contribution in [3.63, 3.8) is 0 Å². The first-order valence-corrected chi connectivity index (χ1v) is 7.73. The third-order valence-electron chi connectivity index (χ3n) is 2.96. The minimum absolute atomic E-state index is 0.267. The van der Waals surface area contributed by atoms with E-state index in [1.165, 1.54) is 11.1 Å². The zero-order chi connectivity index (χ0) is 13.7. The predicted octanol–water partition coefficient (Wildman–Crippen LogP) is 4.23. The highest BCUT2D eigenvalue weighted by atomic mass is 127. The molecular formula is C15H16ClIN2. The minimum Gasteiger partial charge on any atom is -0.310 e. The molecule has 1 unspecified atom stereocenters. The summed E-state index contributed by atoms with van der Waals surface area (Å²) in [4.78, 5) is 4.17. The van der Waals surface area contributed by atoms with Gasteiger partial charge in [-0.25, -0.2) is 0 Å². The highest BCUT2D eigenvalue weighted by Gasteiger charge is 2.12. The van der Waals surface area contributed by atoms with E-state index in [0.29, 0.717) is 0 Å². The van der Waals surface area contributed by atoms with Crippen LogP contribution in [0.25, 0.3) is 0 Å². The van der Waals surface area contributed by atoms with Gasteiger partial charge in [0.25, 0.3) is 0 Å². The fourth-order valence-electron chi connectivity index (χ4n) is 2.04. The first kappa shape index (κ1) is 14.8. The van der Waals surface area contributed by atoms with E-state index in [-0.39, 0.29) is 6.04 Å². The monoisotopic (exact) mass is 386 g/mol. The van der Waals surface area contributed by atoms with Gasteiger partial charge in [0.1, 0.15) is 0 Å². The Labute approximate surface area is 132 Å². The molecule has 100 valence electrons. The SMILES string of the molecule is CCNC(Cc1cccnc1)c1ccc(I)c(Cl)c1. The van der Waals surface area contributed by atoms with E-state index in [4.69, 9.17) is 11.6 Å². The van der Waals surface area contributed by atoms with Crippen LogP contribution in [0.4, 0.5) is 0 Å². The average molecular weight is 387 g/mol. The van der Waals surface area contributed by atoms with Gasteiger partial charge in [-0.3, -0.25) is 4.98 Å². The normalized spacial score (nSPS) is 12.4. The van der Waals surface area contributed by atoms with Gasteiger partial charge >= 0.3 is 0 Å². The molecule has 0 aliphatic carbocycles. The highest BCUT2D eigenvalue weighted by Crippen LogP contribution is 2.25. The number of nitrogens with zero attached hydrogens (tertiary/aromatic N) is 1. The average Bonchev–Trinajstić information content (AvgIpc) is 2.43. The number of aromatic nitrogens is 1. The highest BCUT2D eigenvalue weighted by molar-refractivity contribution is 14.1. The van der Waals surface area contributed by atoms with Crippen LogP contribution in [-0.2, 0) is 6.42 Å². The van der Waals surface area contributed by atoms with Gasteiger partial charge in [-0.05, 0) is 64.9 Å². The topological polar surface area (TPSA) is 24.9 Å². The van der Waals surface area contributed by atoms with E-state index < -0.39 is 0 Å². The molecule has 1 heterocycles. The molecule has 2 nitrogen and oxygen atoms in total. The third-order valence-corrected chi connectivity index (χ3v) is 4.53. The molecule has 1 aromatic carbocycles. The first-order valence-electron chi connectivity index (χ1n) is 6.28. The molecule has 0 bridgehead atoms. The van der Waals surface area contributed by atoms with Crippen molar-refractivity contribution in [2.24, 2.45) is 0 Å². The summed E-state index contributed by atoms with van der Waals surface area (Å²) in [5, 5.41) is 4.32. The Balaban J connectivity index is 2.21.